The molecule has 1 N–H and O–H groups in total. The van der Waals surface area contributed by atoms with E-state index in [1.165, 1.54) is 0 Å². The highest BCUT2D eigenvalue weighted by Gasteiger charge is 2.29. The van der Waals surface area contributed by atoms with E-state index in [1.54, 1.807) is 13.2 Å². The van der Waals surface area contributed by atoms with Gasteiger partial charge in [0.15, 0.2) is 0 Å². The molecule has 0 radical (unpaired) electrons. The Kier molecular flexibility index (Phi) is 4.11. The molecule has 0 aliphatic carbocycles. The second-order valence-electron chi connectivity index (χ2n) is 5.78. The molecule has 2 aromatic rings. The smallest absolute Gasteiger partial charge is 0.131 e. The van der Waals surface area contributed by atoms with E-state index in [4.69, 9.17) is 16.3 Å². The summed E-state index contributed by atoms with van der Waals surface area (Å²) in [6, 6.07) is 11.5. The van der Waals surface area contributed by atoms with Crippen molar-refractivity contribution in [3.8, 4) is 22.6 Å². The van der Waals surface area contributed by atoms with Crippen LogP contribution in [0.1, 0.15) is 0 Å². The fraction of sp³-hybridized carbons (Fsp3) is 0.250. The topological polar surface area (TPSA) is 29.5 Å². The second-order valence-corrected chi connectivity index (χ2v) is 11.2. The summed E-state index contributed by atoms with van der Waals surface area (Å²) < 4.78 is 5.61. The van der Waals surface area contributed by atoms with Crippen molar-refractivity contribution in [2.24, 2.45) is 0 Å². The zero-order chi connectivity index (χ0) is 14.9. The Morgan fingerprint density at radius 2 is 1.70 bits per heavy atom. The van der Waals surface area contributed by atoms with Crippen LogP contribution in [0.15, 0.2) is 36.4 Å². The molecule has 0 amide bonds. The molecule has 2 rings (SSSR count). The first-order valence-electron chi connectivity index (χ1n) is 6.51. The Morgan fingerprint density at radius 1 is 1.10 bits per heavy atom. The van der Waals surface area contributed by atoms with Crippen molar-refractivity contribution in [1.29, 1.82) is 0 Å². The fourth-order valence-electron chi connectivity index (χ4n) is 2.42. The van der Waals surface area contributed by atoms with E-state index in [9.17, 15) is 5.11 Å². The lowest BCUT2D eigenvalue weighted by molar-refractivity contribution is 0.414. The van der Waals surface area contributed by atoms with Crippen LogP contribution in [0.2, 0.25) is 24.7 Å². The third-order valence-corrected chi connectivity index (χ3v) is 5.51. The lowest BCUT2D eigenvalue weighted by atomic mass is 10.0. The monoisotopic (exact) mass is 306 g/mol. The Morgan fingerprint density at radius 3 is 2.20 bits per heavy atom. The molecular formula is C16H19ClO2Si. The average molecular weight is 307 g/mol. The van der Waals surface area contributed by atoms with Crippen molar-refractivity contribution in [3.63, 3.8) is 0 Å². The molecule has 2 nitrogen and oxygen atoms in total. The number of phenols is 1. The maximum Gasteiger partial charge on any atom is 0.131 e. The first kappa shape index (κ1) is 14.9. The number of hydrogen-bond donors (Lipinski definition) is 1. The highest BCUT2D eigenvalue weighted by Crippen LogP contribution is 2.39. The molecule has 0 aromatic heterocycles. The summed E-state index contributed by atoms with van der Waals surface area (Å²) in [6.45, 7) is 6.52. The van der Waals surface area contributed by atoms with Crippen molar-refractivity contribution in [2.45, 2.75) is 19.6 Å². The summed E-state index contributed by atoms with van der Waals surface area (Å²) in [5.74, 6) is 0.922. The molecule has 0 atom stereocenters. The zero-order valence-electron chi connectivity index (χ0n) is 12.2. The predicted molar refractivity (Wildman–Crippen MR) is 88.1 cm³/mol. The largest absolute Gasteiger partial charge is 0.508 e. The van der Waals surface area contributed by atoms with Crippen LogP contribution in [0.5, 0.6) is 11.5 Å². The number of ether oxygens (including phenoxy) is 1. The summed E-state index contributed by atoms with van der Waals surface area (Å²) in [6.07, 6.45) is 0. The maximum atomic E-state index is 10.3. The number of methoxy groups -OCH3 is 1. The molecule has 2 aromatic carbocycles. The zero-order valence-corrected chi connectivity index (χ0v) is 14.0. The highest BCUT2D eigenvalue weighted by molar-refractivity contribution is 6.90. The van der Waals surface area contributed by atoms with Gasteiger partial charge in [0, 0.05) is 10.8 Å². The first-order valence-corrected chi connectivity index (χ1v) is 10.4. The Bertz CT molecular complexity index is 619. The van der Waals surface area contributed by atoms with Crippen LogP contribution < -0.4 is 9.92 Å². The van der Waals surface area contributed by atoms with E-state index in [2.05, 4.69) is 19.6 Å². The van der Waals surface area contributed by atoms with E-state index in [0.717, 1.165) is 16.3 Å². The molecule has 4 heteroatoms. The van der Waals surface area contributed by atoms with Crippen LogP contribution in [0.3, 0.4) is 0 Å². The number of benzene rings is 2. The highest BCUT2D eigenvalue weighted by atomic mass is 35.5. The summed E-state index contributed by atoms with van der Waals surface area (Å²) in [7, 11) is -0.138. The Balaban J connectivity index is 2.82. The van der Waals surface area contributed by atoms with Crippen molar-refractivity contribution in [2.75, 3.05) is 7.11 Å². The van der Waals surface area contributed by atoms with Crippen LogP contribution in [0, 0.1) is 0 Å². The van der Waals surface area contributed by atoms with Gasteiger partial charge < -0.3 is 9.84 Å². The first-order chi connectivity index (χ1) is 9.36. The minimum Gasteiger partial charge on any atom is -0.508 e. The van der Waals surface area contributed by atoms with Gasteiger partial charge in [0.25, 0.3) is 0 Å². The molecule has 0 aliphatic rings. The van der Waals surface area contributed by atoms with Crippen LogP contribution in [0.4, 0.5) is 0 Å². The quantitative estimate of drug-likeness (QED) is 0.858. The average Bonchev–Trinajstić information content (AvgIpc) is 2.37. The molecule has 0 unspecified atom stereocenters. The van der Waals surface area contributed by atoms with Gasteiger partial charge in [0.05, 0.1) is 20.2 Å². The normalized spacial score (nSPS) is 11.4. The van der Waals surface area contributed by atoms with E-state index in [0.29, 0.717) is 10.8 Å². The van der Waals surface area contributed by atoms with Crippen molar-refractivity contribution in [1.82, 2.24) is 0 Å². The number of phenolic OH excluding ortho intramolecular Hbond substituents is 1. The van der Waals surface area contributed by atoms with E-state index in [1.807, 2.05) is 30.3 Å². The van der Waals surface area contributed by atoms with Crippen LogP contribution in [-0.4, -0.2) is 20.3 Å². The molecule has 106 valence electrons. The molecule has 20 heavy (non-hydrogen) atoms. The number of aromatic hydroxyl groups is 1. The van der Waals surface area contributed by atoms with Gasteiger partial charge in [-0.15, -0.1) is 0 Å². The number of rotatable bonds is 3. The summed E-state index contributed by atoms with van der Waals surface area (Å²) in [4.78, 5) is 0. The van der Waals surface area contributed by atoms with Gasteiger partial charge >= 0.3 is 0 Å². The Hall–Kier alpha value is -1.45. The van der Waals surface area contributed by atoms with Gasteiger partial charge in [-0.3, -0.25) is 0 Å². The van der Waals surface area contributed by atoms with Crippen molar-refractivity contribution < 1.29 is 9.84 Å². The van der Waals surface area contributed by atoms with Crippen LogP contribution in [-0.2, 0) is 0 Å². The SMILES string of the molecule is COc1c(-c2ccccc2)c(Cl)cc(O)c1[Si](C)(C)C. The third kappa shape index (κ3) is 2.69. The molecule has 0 saturated heterocycles. The fourth-order valence-corrected chi connectivity index (χ4v) is 4.46. The van der Waals surface area contributed by atoms with Crippen LogP contribution in [0.25, 0.3) is 11.1 Å². The molecule has 0 saturated carbocycles. The minimum atomic E-state index is -1.76. The van der Waals surface area contributed by atoms with Gasteiger partial charge in [0.2, 0.25) is 0 Å². The number of halogens is 1. The van der Waals surface area contributed by atoms with E-state index in [-0.39, 0.29) is 5.75 Å². The lowest BCUT2D eigenvalue weighted by Crippen LogP contribution is -2.39. The standard InChI is InChI=1S/C16H19ClO2Si/c1-19-15-14(11-8-6-5-7-9-11)12(17)10-13(18)16(15)20(2,3)4/h5-10,18H,1-4H3. The van der Waals surface area contributed by atoms with Gasteiger partial charge in [-0.05, 0) is 11.6 Å². The molecule has 0 bridgehead atoms. The van der Waals surface area contributed by atoms with Crippen molar-refractivity contribution in [3.05, 3.63) is 41.4 Å². The summed E-state index contributed by atoms with van der Waals surface area (Å²) in [5, 5.41) is 11.7. The van der Waals surface area contributed by atoms with Gasteiger partial charge in [-0.1, -0.05) is 61.6 Å². The van der Waals surface area contributed by atoms with Gasteiger partial charge in [0.1, 0.15) is 11.5 Å². The summed E-state index contributed by atoms with van der Waals surface area (Å²) >= 11 is 6.35. The van der Waals surface area contributed by atoms with Crippen molar-refractivity contribution >= 4 is 24.9 Å². The molecule has 0 fully saturated rings. The molecule has 0 aliphatic heterocycles. The second kappa shape index (κ2) is 5.50. The third-order valence-electron chi connectivity index (χ3n) is 3.23. The minimum absolute atomic E-state index is 0.227. The molecular weight excluding hydrogens is 288 g/mol. The predicted octanol–water partition coefficient (Wildman–Crippen LogP) is 4.27. The Labute approximate surface area is 126 Å². The van der Waals surface area contributed by atoms with Gasteiger partial charge in [-0.25, -0.2) is 0 Å². The summed E-state index contributed by atoms with van der Waals surface area (Å²) in [5.41, 5.74) is 1.85. The van der Waals surface area contributed by atoms with E-state index < -0.39 is 8.07 Å². The lowest BCUT2D eigenvalue weighted by Gasteiger charge is -2.24. The maximum absolute atomic E-state index is 10.3. The number of hydrogen-bond acceptors (Lipinski definition) is 2. The van der Waals surface area contributed by atoms with Gasteiger partial charge in [-0.2, -0.15) is 0 Å². The van der Waals surface area contributed by atoms with E-state index >= 15 is 0 Å². The molecule has 0 spiro atoms. The van der Waals surface area contributed by atoms with Crippen LogP contribution >= 0.6 is 11.6 Å². The molecule has 0 heterocycles.